The lowest BCUT2D eigenvalue weighted by molar-refractivity contribution is -0.137. The highest BCUT2D eigenvalue weighted by Crippen LogP contribution is 2.19. The van der Waals surface area contributed by atoms with Crippen molar-refractivity contribution in [2.45, 2.75) is 39.2 Å². The molecule has 0 heterocycles. The zero-order chi connectivity index (χ0) is 19.5. The number of carboxylic acid groups (broad SMARTS) is 1. The van der Waals surface area contributed by atoms with Crippen LogP contribution in [0.4, 0.5) is 5.69 Å². The van der Waals surface area contributed by atoms with Crippen molar-refractivity contribution in [2.24, 2.45) is 0 Å². The van der Waals surface area contributed by atoms with E-state index in [0.29, 0.717) is 36.5 Å². The number of unbranched alkanes of at least 4 members (excludes halogenated alkanes) is 2. The molecular weight excluding hydrogens is 342 g/mol. The van der Waals surface area contributed by atoms with Crippen LogP contribution in [0, 0.1) is 0 Å². The Labute approximate surface area is 159 Å². The van der Waals surface area contributed by atoms with Crippen molar-refractivity contribution in [1.82, 2.24) is 0 Å². The van der Waals surface area contributed by atoms with Gasteiger partial charge in [-0.05, 0) is 43.9 Å². The molecule has 2 rings (SSSR count). The van der Waals surface area contributed by atoms with Gasteiger partial charge in [-0.1, -0.05) is 42.5 Å². The number of anilines is 1. The van der Waals surface area contributed by atoms with E-state index in [4.69, 9.17) is 9.84 Å². The van der Waals surface area contributed by atoms with Gasteiger partial charge in [-0.15, -0.1) is 0 Å². The Hall–Kier alpha value is -3.08. The molecule has 0 aliphatic heterocycles. The average molecular weight is 367 g/mol. The molecule has 2 N–H and O–H groups in total. The molecule has 142 valence electrons. The lowest BCUT2D eigenvalue weighted by Crippen LogP contribution is -2.12. The zero-order valence-corrected chi connectivity index (χ0v) is 15.5. The van der Waals surface area contributed by atoms with Crippen LogP contribution in [-0.2, 0) is 16.2 Å². The minimum atomic E-state index is -0.789. The van der Waals surface area contributed by atoms with Crippen LogP contribution in [0.25, 0.3) is 0 Å². The van der Waals surface area contributed by atoms with Gasteiger partial charge in [0.05, 0.1) is 0 Å². The minimum Gasteiger partial charge on any atom is -0.489 e. The van der Waals surface area contributed by atoms with E-state index in [9.17, 15) is 9.59 Å². The number of hydrogen-bond acceptors (Lipinski definition) is 3. The SMILES string of the molecule is CC(=CCCCCC(=O)O)C(=O)Nc1cccc(OCc2ccccc2)c1. The second-order valence-corrected chi connectivity index (χ2v) is 6.28. The molecule has 1 amide bonds. The fraction of sp³-hybridized carbons (Fsp3) is 0.273. The predicted octanol–water partition coefficient (Wildman–Crippen LogP) is 4.80. The van der Waals surface area contributed by atoms with E-state index in [-0.39, 0.29) is 12.3 Å². The summed E-state index contributed by atoms with van der Waals surface area (Å²) in [4.78, 5) is 22.7. The van der Waals surface area contributed by atoms with Crippen LogP contribution >= 0.6 is 0 Å². The monoisotopic (exact) mass is 367 g/mol. The third-order valence-electron chi connectivity index (χ3n) is 3.99. The van der Waals surface area contributed by atoms with Crippen LogP contribution in [-0.4, -0.2) is 17.0 Å². The molecule has 5 heteroatoms. The quantitative estimate of drug-likeness (QED) is 0.467. The lowest BCUT2D eigenvalue weighted by Gasteiger charge is -2.10. The number of rotatable bonds is 10. The van der Waals surface area contributed by atoms with Gasteiger partial charge in [0.1, 0.15) is 12.4 Å². The van der Waals surface area contributed by atoms with Gasteiger partial charge in [0, 0.05) is 23.7 Å². The Morgan fingerprint density at radius 2 is 1.85 bits per heavy atom. The molecule has 27 heavy (non-hydrogen) atoms. The summed E-state index contributed by atoms with van der Waals surface area (Å²) in [5.74, 6) is -0.275. The number of hydrogen-bond donors (Lipinski definition) is 2. The first-order valence-corrected chi connectivity index (χ1v) is 9.01. The fourth-order valence-electron chi connectivity index (χ4n) is 2.47. The van der Waals surface area contributed by atoms with Crippen molar-refractivity contribution in [2.75, 3.05) is 5.32 Å². The van der Waals surface area contributed by atoms with Crippen molar-refractivity contribution in [3.05, 3.63) is 71.8 Å². The van der Waals surface area contributed by atoms with E-state index in [1.807, 2.05) is 54.6 Å². The van der Waals surface area contributed by atoms with Crippen LogP contribution in [0.2, 0.25) is 0 Å². The molecule has 0 spiro atoms. The minimum absolute atomic E-state index is 0.162. The second kappa shape index (κ2) is 10.8. The molecule has 0 aliphatic rings. The Bertz CT molecular complexity index is 784. The third-order valence-corrected chi connectivity index (χ3v) is 3.99. The van der Waals surface area contributed by atoms with Gasteiger partial charge in [-0.3, -0.25) is 9.59 Å². The zero-order valence-electron chi connectivity index (χ0n) is 15.5. The molecule has 0 saturated carbocycles. The Kier molecular flexibility index (Phi) is 8.10. The number of ether oxygens (including phenoxy) is 1. The van der Waals surface area contributed by atoms with Gasteiger partial charge < -0.3 is 15.2 Å². The van der Waals surface area contributed by atoms with Crippen LogP contribution in [0.3, 0.4) is 0 Å². The number of amides is 1. The molecular formula is C22H25NO4. The highest BCUT2D eigenvalue weighted by atomic mass is 16.5. The summed E-state index contributed by atoms with van der Waals surface area (Å²) in [5, 5.41) is 11.5. The Morgan fingerprint density at radius 1 is 1.07 bits per heavy atom. The Morgan fingerprint density at radius 3 is 2.59 bits per heavy atom. The molecule has 5 nitrogen and oxygen atoms in total. The molecule has 0 aromatic heterocycles. The number of benzene rings is 2. The maximum Gasteiger partial charge on any atom is 0.303 e. The molecule has 2 aromatic rings. The summed E-state index contributed by atoms with van der Waals surface area (Å²) >= 11 is 0. The van der Waals surface area contributed by atoms with Crippen molar-refractivity contribution in [3.8, 4) is 5.75 Å². The molecule has 2 aromatic carbocycles. The van der Waals surface area contributed by atoms with Gasteiger partial charge in [-0.25, -0.2) is 0 Å². The first-order chi connectivity index (χ1) is 13.0. The van der Waals surface area contributed by atoms with Gasteiger partial charge >= 0.3 is 5.97 Å². The normalized spacial score (nSPS) is 11.1. The summed E-state index contributed by atoms with van der Waals surface area (Å²) < 4.78 is 5.77. The Balaban J connectivity index is 1.83. The van der Waals surface area contributed by atoms with Gasteiger partial charge in [0.25, 0.3) is 5.91 Å². The van der Waals surface area contributed by atoms with E-state index in [1.165, 1.54) is 0 Å². The summed E-state index contributed by atoms with van der Waals surface area (Å²) in [6, 6.07) is 17.2. The molecule has 0 unspecified atom stereocenters. The number of allylic oxidation sites excluding steroid dienone is 1. The van der Waals surface area contributed by atoms with Crippen LogP contribution in [0.15, 0.2) is 66.2 Å². The van der Waals surface area contributed by atoms with Crippen molar-refractivity contribution >= 4 is 17.6 Å². The number of carbonyl (C=O) groups is 2. The largest absolute Gasteiger partial charge is 0.489 e. The van der Waals surface area contributed by atoms with Gasteiger partial charge in [-0.2, -0.15) is 0 Å². The van der Waals surface area contributed by atoms with Crippen LogP contribution < -0.4 is 10.1 Å². The average Bonchev–Trinajstić information content (AvgIpc) is 2.67. The maximum atomic E-state index is 12.3. The number of nitrogens with one attached hydrogen (secondary N) is 1. The molecule has 0 aliphatic carbocycles. The van der Waals surface area contributed by atoms with Gasteiger partial charge in [0.2, 0.25) is 0 Å². The second-order valence-electron chi connectivity index (χ2n) is 6.28. The van der Waals surface area contributed by atoms with Crippen molar-refractivity contribution in [1.29, 1.82) is 0 Å². The molecule has 0 atom stereocenters. The summed E-state index contributed by atoms with van der Waals surface area (Å²) in [5.41, 5.74) is 2.36. The third kappa shape index (κ3) is 7.77. The highest BCUT2D eigenvalue weighted by molar-refractivity contribution is 6.03. The number of carbonyl (C=O) groups excluding carboxylic acids is 1. The summed E-state index contributed by atoms with van der Waals surface area (Å²) in [7, 11) is 0. The summed E-state index contributed by atoms with van der Waals surface area (Å²) in [6.45, 7) is 2.22. The van der Waals surface area contributed by atoms with Gasteiger partial charge in [0.15, 0.2) is 0 Å². The smallest absolute Gasteiger partial charge is 0.303 e. The molecule has 0 bridgehead atoms. The van der Waals surface area contributed by atoms with Crippen LogP contribution in [0.1, 0.15) is 38.2 Å². The molecule has 0 saturated heterocycles. The highest BCUT2D eigenvalue weighted by Gasteiger charge is 2.06. The van der Waals surface area contributed by atoms with Crippen LogP contribution in [0.5, 0.6) is 5.75 Å². The standard InChI is InChI=1S/C22H25NO4/c1-17(9-4-2-7-14-21(24)25)22(26)23-19-12-8-13-20(15-19)27-16-18-10-5-3-6-11-18/h3,5-6,8-13,15H,2,4,7,14,16H2,1H3,(H,23,26)(H,24,25). The number of carboxylic acids is 1. The van der Waals surface area contributed by atoms with Crippen molar-refractivity contribution in [3.63, 3.8) is 0 Å². The summed E-state index contributed by atoms with van der Waals surface area (Å²) in [6.07, 6.45) is 4.05. The van der Waals surface area contributed by atoms with Crippen molar-refractivity contribution < 1.29 is 19.4 Å². The lowest BCUT2D eigenvalue weighted by atomic mass is 10.1. The number of aliphatic carboxylic acids is 1. The maximum absolute atomic E-state index is 12.3. The first kappa shape index (κ1) is 20.2. The molecule has 0 fully saturated rings. The van der Waals surface area contributed by atoms with E-state index in [2.05, 4.69) is 5.32 Å². The van der Waals surface area contributed by atoms with E-state index >= 15 is 0 Å². The molecule has 0 radical (unpaired) electrons. The van der Waals surface area contributed by atoms with E-state index in [0.717, 1.165) is 12.0 Å². The first-order valence-electron chi connectivity index (χ1n) is 9.01. The van der Waals surface area contributed by atoms with E-state index in [1.54, 1.807) is 13.0 Å². The topological polar surface area (TPSA) is 75.6 Å². The fourth-order valence-corrected chi connectivity index (χ4v) is 2.47. The predicted molar refractivity (Wildman–Crippen MR) is 106 cm³/mol. The van der Waals surface area contributed by atoms with E-state index < -0.39 is 5.97 Å².